The number of halogens is 1. The maximum Gasteiger partial charge on any atom is 0.0141 e. The van der Waals surface area contributed by atoms with Crippen molar-refractivity contribution in [2.24, 2.45) is 0 Å². The van der Waals surface area contributed by atoms with E-state index in [4.69, 9.17) is 11.6 Å². The second-order valence-corrected chi connectivity index (χ2v) is 3.80. The molecule has 0 nitrogen and oxygen atoms in total. The second-order valence-electron chi connectivity index (χ2n) is 3.31. The summed E-state index contributed by atoms with van der Waals surface area (Å²) in [4.78, 5) is 0. The lowest BCUT2D eigenvalue weighted by atomic mass is 10.1. The van der Waals surface area contributed by atoms with Gasteiger partial charge < -0.3 is 0 Å². The molecule has 1 heteroatoms. The van der Waals surface area contributed by atoms with E-state index < -0.39 is 0 Å². The summed E-state index contributed by atoms with van der Waals surface area (Å²) in [6, 6.07) is 0. The molecule has 0 atom stereocenters. The molecule has 0 aliphatic heterocycles. The van der Waals surface area contributed by atoms with Gasteiger partial charge in [0.25, 0.3) is 0 Å². The van der Waals surface area contributed by atoms with Crippen LogP contribution < -0.4 is 0 Å². The molecule has 0 fully saturated rings. The van der Waals surface area contributed by atoms with Crippen molar-refractivity contribution < 1.29 is 0 Å². The molecule has 11 heavy (non-hydrogen) atoms. The maximum atomic E-state index is 5.98. The summed E-state index contributed by atoms with van der Waals surface area (Å²) in [5.41, 5.74) is 0. The van der Waals surface area contributed by atoms with Gasteiger partial charge in [0.05, 0.1) is 0 Å². The zero-order chi connectivity index (χ0) is 7.94. The van der Waals surface area contributed by atoms with Gasteiger partial charge in [-0.15, -0.1) is 0 Å². The molecule has 0 N–H and O–H groups in total. The van der Waals surface area contributed by atoms with Gasteiger partial charge in [-0.3, -0.25) is 0 Å². The van der Waals surface area contributed by atoms with E-state index in [0.717, 1.165) is 11.5 Å². The molecule has 0 saturated carbocycles. The number of allylic oxidation sites excluding steroid dienone is 2. The highest BCUT2D eigenvalue weighted by Gasteiger charge is 1.97. The third-order valence-corrected chi connectivity index (χ3v) is 2.58. The highest BCUT2D eigenvalue weighted by Crippen LogP contribution is 2.18. The summed E-state index contributed by atoms with van der Waals surface area (Å²) in [7, 11) is 0. The Kier molecular flexibility index (Phi) is 4.69. The van der Waals surface area contributed by atoms with E-state index >= 15 is 0 Å². The van der Waals surface area contributed by atoms with E-state index in [1.165, 1.54) is 44.9 Å². The Bertz CT molecular complexity index is 127. The van der Waals surface area contributed by atoms with E-state index in [1.807, 2.05) is 0 Å². The molecule has 0 aromatic carbocycles. The number of hydrogen-bond acceptors (Lipinski definition) is 0. The van der Waals surface area contributed by atoms with Crippen LogP contribution in [0.3, 0.4) is 0 Å². The van der Waals surface area contributed by atoms with Gasteiger partial charge in [0.2, 0.25) is 0 Å². The molecular weight excluding hydrogens is 156 g/mol. The van der Waals surface area contributed by atoms with Gasteiger partial charge in [-0.1, -0.05) is 43.4 Å². The predicted octanol–water partition coefficient (Wildman–Crippen LogP) is 4.24. The van der Waals surface area contributed by atoms with E-state index in [1.54, 1.807) is 0 Å². The van der Waals surface area contributed by atoms with Crippen LogP contribution in [0.2, 0.25) is 0 Å². The molecule has 0 bridgehead atoms. The van der Waals surface area contributed by atoms with Gasteiger partial charge in [0.1, 0.15) is 0 Å². The minimum atomic E-state index is 1.09. The van der Waals surface area contributed by atoms with Crippen LogP contribution in [-0.4, -0.2) is 0 Å². The van der Waals surface area contributed by atoms with Crippen LogP contribution in [0.25, 0.3) is 0 Å². The highest BCUT2D eigenvalue weighted by molar-refractivity contribution is 6.29. The zero-order valence-electron chi connectivity index (χ0n) is 7.11. The average molecular weight is 173 g/mol. The number of rotatable bonds is 0. The normalized spacial score (nSPS) is 22.5. The van der Waals surface area contributed by atoms with Crippen molar-refractivity contribution in [3.05, 3.63) is 11.1 Å². The van der Waals surface area contributed by atoms with Crippen LogP contribution in [0, 0.1) is 0 Å². The third-order valence-electron chi connectivity index (χ3n) is 2.24. The Morgan fingerprint density at radius 1 is 0.909 bits per heavy atom. The van der Waals surface area contributed by atoms with Crippen LogP contribution in [0.5, 0.6) is 0 Å². The molecule has 0 radical (unpaired) electrons. The Labute approximate surface area is 74.6 Å². The molecule has 0 unspecified atom stereocenters. The molecule has 0 saturated heterocycles. The Morgan fingerprint density at radius 3 is 2.36 bits per heavy atom. The third kappa shape index (κ3) is 4.47. The van der Waals surface area contributed by atoms with Gasteiger partial charge in [0, 0.05) is 5.03 Å². The minimum Gasteiger partial charge on any atom is -0.0895 e. The van der Waals surface area contributed by atoms with Crippen molar-refractivity contribution in [1.82, 2.24) is 0 Å². The van der Waals surface area contributed by atoms with Gasteiger partial charge >= 0.3 is 0 Å². The van der Waals surface area contributed by atoms with Crippen molar-refractivity contribution in [2.45, 2.75) is 51.4 Å². The van der Waals surface area contributed by atoms with Crippen molar-refractivity contribution in [1.29, 1.82) is 0 Å². The molecule has 0 spiro atoms. The highest BCUT2D eigenvalue weighted by atomic mass is 35.5. The van der Waals surface area contributed by atoms with Crippen LogP contribution >= 0.6 is 11.6 Å². The fourth-order valence-electron chi connectivity index (χ4n) is 1.51. The molecule has 0 amide bonds. The van der Waals surface area contributed by atoms with E-state index in [9.17, 15) is 0 Å². The van der Waals surface area contributed by atoms with Crippen molar-refractivity contribution in [3.63, 3.8) is 0 Å². The lowest BCUT2D eigenvalue weighted by Crippen LogP contribution is -1.84. The Morgan fingerprint density at radius 2 is 1.55 bits per heavy atom. The molecule has 1 aliphatic rings. The summed E-state index contributed by atoms with van der Waals surface area (Å²) in [5, 5.41) is 1.09. The SMILES string of the molecule is ClC1=CCCCCCCCC1. The minimum absolute atomic E-state index is 1.09. The summed E-state index contributed by atoms with van der Waals surface area (Å²) in [5.74, 6) is 0. The first kappa shape index (κ1) is 9.12. The lowest BCUT2D eigenvalue weighted by Gasteiger charge is -2.04. The van der Waals surface area contributed by atoms with Gasteiger partial charge in [0.15, 0.2) is 0 Å². The molecular formula is C10H17Cl. The standard InChI is InChI=1S/C10H17Cl/c11-10-8-6-4-2-1-3-5-7-9-10/h8H,1-7,9H2. The van der Waals surface area contributed by atoms with Crippen molar-refractivity contribution in [2.75, 3.05) is 0 Å². The molecule has 1 rings (SSSR count). The first-order chi connectivity index (χ1) is 5.39. The quantitative estimate of drug-likeness (QED) is 0.513. The van der Waals surface area contributed by atoms with E-state index in [0.29, 0.717) is 0 Å². The van der Waals surface area contributed by atoms with Crippen molar-refractivity contribution >= 4 is 11.6 Å². The maximum absolute atomic E-state index is 5.98. The van der Waals surface area contributed by atoms with Crippen LogP contribution in [0.15, 0.2) is 11.1 Å². The zero-order valence-corrected chi connectivity index (χ0v) is 7.87. The summed E-state index contributed by atoms with van der Waals surface area (Å²) in [6.07, 6.45) is 12.7. The molecule has 0 aromatic heterocycles. The fraction of sp³-hybridized carbons (Fsp3) is 0.800. The first-order valence-corrected chi connectivity index (χ1v) is 5.12. The fourth-order valence-corrected chi connectivity index (χ4v) is 1.75. The second kappa shape index (κ2) is 5.65. The Balaban J connectivity index is 2.27. The monoisotopic (exact) mass is 172 g/mol. The molecule has 64 valence electrons. The Hall–Kier alpha value is 0.0300. The first-order valence-electron chi connectivity index (χ1n) is 4.74. The van der Waals surface area contributed by atoms with E-state index in [2.05, 4.69) is 6.08 Å². The van der Waals surface area contributed by atoms with Crippen LogP contribution in [-0.2, 0) is 0 Å². The smallest absolute Gasteiger partial charge is 0.0141 e. The van der Waals surface area contributed by atoms with Gasteiger partial charge in [-0.25, -0.2) is 0 Å². The molecule has 0 heterocycles. The van der Waals surface area contributed by atoms with Crippen molar-refractivity contribution in [3.8, 4) is 0 Å². The summed E-state index contributed by atoms with van der Waals surface area (Å²) in [6.45, 7) is 0. The van der Waals surface area contributed by atoms with Gasteiger partial charge in [-0.2, -0.15) is 0 Å². The summed E-state index contributed by atoms with van der Waals surface area (Å²) >= 11 is 5.98. The molecule has 1 aliphatic carbocycles. The lowest BCUT2D eigenvalue weighted by molar-refractivity contribution is 0.590. The van der Waals surface area contributed by atoms with Gasteiger partial charge in [-0.05, 0) is 25.7 Å². The topological polar surface area (TPSA) is 0 Å². The largest absolute Gasteiger partial charge is 0.0895 e. The summed E-state index contributed by atoms with van der Waals surface area (Å²) < 4.78 is 0. The van der Waals surface area contributed by atoms with E-state index in [-0.39, 0.29) is 0 Å². The number of hydrogen-bond donors (Lipinski definition) is 0. The average Bonchev–Trinajstić information content (AvgIpc) is 2.03. The van der Waals surface area contributed by atoms with Crippen LogP contribution in [0.1, 0.15) is 51.4 Å². The predicted molar refractivity (Wildman–Crippen MR) is 50.9 cm³/mol. The van der Waals surface area contributed by atoms with Crippen LogP contribution in [0.4, 0.5) is 0 Å². The molecule has 0 aromatic rings.